The average molecular weight is 287 g/mol. The molecule has 1 fully saturated rings. The van der Waals surface area contributed by atoms with E-state index in [-0.39, 0.29) is 18.4 Å². The van der Waals surface area contributed by atoms with Crippen LogP contribution in [0.5, 0.6) is 0 Å². The number of hydrogen-bond acceptors (Lipinski definition) is 2. The molecule has 1 aliphatic rings. The molecule has 6 heteroatoms. The smallest absolute Gasteiger partial charge is 0.387 e. The van der Waals surface area contributed by atoms with Gasteiger partial charge in [0, 0.05) is 12.5 Å². The molecule has 110 valence electrons. The third-order valence-corrected chi connectivity index (χ3v) is 3.57. The van der Waals surface area contributed by atoms with Gasteiger partial charge in [-0.05, 0) is 30.5 Å². The van der Waals surface area contributed by atoms with Crippen molar-refractivity contribution in [3.8, 4) is 0 Å². The van der Waals surface area contributed by atoms with Crippen molar-refractivity contribution in [2.24, 2.45) is 5.92 Å². The summed E-state index contributed by atoms with van der Waals surface area (Å²) in [7, 11) is 0. The minimum atomic E-state index is -4.39. The number of aliphatic hydroxyl groups is 1. The summed E-state index contributed by atoms with van der Waals surface area (Å²) < 4.78 is 37.2. The summed E-state index contributed by atoms with van der Waals surface area (Å²) in [5.41, 5.74) is -0.404. The molecule has 1 aromatic rings. The van der Waals surface area contributed by atoms with E-state index in [0.29, 0.717) is 5.56 Å². The van der Waals surface area contributed by atoms with Crippen LogP contribution in [0.25, 0.3) is 0 Å². The van der Waals surface area contributed by atoms with E-state index in [1.165, 1.54) is 12.1 Å². The number of carbonyl (C=O) groups is 1. The summed E-state index contributed by atoms with van der Waals surface area (Å²) in [5, 5.41) is 12.5. The summed E-state index contributed by atoms with van der Waals surface area (Å²) in [6, 6.07) is 4.30. The maximum atomic E-state index is 12.4. The Labute approximate surface area is 114 Å². The first kappa shape index (κ1) is 14.8. The molecule has 0 spiro atoms. The van der Waals surface area contributed by atoms with Gasteiger partial charge in [-0.3, -0.25) is 4.79 Å². The Morgan fingerprint density at radius 2 is 1.90 bits per heavy atom. The van der Waals surface area contributed by atoms with Gasteiger partial charge >= 0.3 is 6.18 Å². The summed E-state index contributed by atoms with van der Waals surface area (Å²) >= 11 is 0. The molecule has 0 bridgehead atoms. The molecule has 0 heterocycles. The van der Waals surface area contributed by atoms with Crippen molar-refractivity contribution in [1.29, 1.82) is 0 Å². The fourth-order valence-corrected chi connectivity index (χ4v) is 2.02. The Morgan fingerprint density at radius 3 is 2.35 bits per heavy atom. The minimum absolute atomic E-state index is 0.0146. The number of benzene rings is 1. The monoisotopic (exact) mass is 287 g/mol. The molecular formula is C14H16F3NO2. The van der Waals surface area contributed by atoms with Crippen LogP contribution in [-0.2, 0) is 11.0 Å². The number of carbonyl (C=O) groups excluding carboxylic acids is 1. The number of halogens is 3. The Morgan fingerprint density at radius 1 is 1.30 bits per heavy atom. The Kier molecular flexibility index (Phi) is 4.32. The van der Waals surface area contributed by atoms with Crippen LogP contribution in [0.1, 0.15) is 36.5 Å². The fourth-order valence-electron chi connectivity index (χ4n) is 2.02. The second-order valence-corrected chi connectivity index (χ2v) is 5.01. The molecular weight excluding hydrogens is 271 g/mol. The number of nitrogens with one attached hydrogen (secondary N) is 1. The van der Waals surface area contributed by atoms with E-state index in [1.807, 2.05) is 0 Å². The normalized spacial score (nSPS) is 17.4. The van der Waals surface area contributed by atoms with Crippen LogP contribution in [0.3, 0.4) is 0 Å². The van der Waals surface area contributed by atoms with Gasteiger partial charge in [-0.25, -0.2) is 0 Å². The van der Waals surface area contributed by atoms with Crippen molar-refractivity contribution in [2.75, 3.05) is 6.54 Å². The van der Waals surface area contributed by atoms with E-state index < -0.39 is 17.8 Å². The van der Waals surface area contributed by atoms with Gasteiger partial charge < -0.3 is 10.4 Å². The van der Waals surface area contributed by atoms with Crippen LogP contribution < -0.4 is 5.32 Å². The first-order valence-electron chi connectivity index (χ1n) is 6.51. The molecule has 0 aromatic heterocycles. The van der Waals surface area contributed by atoms with Gasteiger partial charge in [-0.15, -0.1) is 0 Å². The van der Waals surface area contributed by atoms with E-state index in [9.17, 15) is 23.1 Å². The molecule has 1 aromatic carbocycles. The number of amides is 1. The Bertz CT molecular complexity index is 466. The molecule has 2 N–H and O–H groups in total. The van der Waals surface area contributed by atoms with Gasteiger partial charge in [0.15, 0.2) is 0 Å². The number of alkyl halides is 3. The van der Waals surface area contributed by atoms with Gasteiger partial charge in [0.05, 0.1) is 11.7 Å². The molecule has 1 aliphatic carbocycles. The van der Waals surface area contributed by atoms with E-state index >= 15 is 0 Å². The van der Waals surface area contributed by atoms with Crippen LogP contribution in [0.15, 0.2) is 24.3 Å². The van der Waals surface area contributed by atoms with Crippen LogP contribution in [0, 0.1) is 5.92 Å². The summed E-state index contributed by atoms with van der Waals surface area (Å²) in [5.74, 6) is -0.0722. The number of rotatable bonds is 4. The first-order valence-corrected chi connectivity index (χ1v) is 6.51. The van der Waals surface area contributed by atoms with Gasteiger partial charge in [0.25, 0.3) is 0 Å². The van der Waals surface area contributed by atoms with Gasteiger partial charge in [0.1, 0.15) is 0 Å². The minimum Gasteiger partial charge on any atom is -0.387 e. The Hall–Kier alpha value is -1.56. The Balaban J connectivity index is 1.88. The van der Waals surface area contributed by atoms with E-state index in [4.69, 9.17) is 0 Å². The molecule has 2 rings (SSSR count). The summed E-state index contributed by atoms with van der Waals surface area (Å²) in [6.45, 7) is 0.0146. The lowest BCUT2D eigenvalue weighted by atomic mass is 9.85. The van der Waals surface area contributed by atoms with E-state index in [2.05, 4.69) is 5.32 Å². The highest BCUT2D eigenvalue weighted by atomic mass is 19.4. The second-order valence-electron chi connectivity index (χ2n) is 5.01. The van der Waals surface area contributed by atoms with Gasteiger partial charge in [-0.2, -0.15) is 13.2 Å². The molecule has 0 unspecified atom stereocenters. The van der Waals surface area contributed by atoms with Crippen molar-refractivity contribution < 1.29 is 23.1 Å². The zero-order chi connectivity index (χ0) is 14.8. The largest absolute Gasteiger partial charge is 0.416 e. The molecule has 0 radical (unpaired) electrons. The molecule has 1 saturated carbocycles. The van der Waals surface area contributed by atoms with Crippen molar-refractivity contribution in [2.45, 2.75) is 31.5 Å². The predicted molar refractivity (Wildman–Crippen MR) is 66.8 cm³/mol. The molecule has 1 atom stereocenters. The van der Waals surface area contributed by atoms with E-state index in [1.54, 1.807) is 0 Å². The van der Waals surface area contributed by atoms with Crippen molar-refractivity contribution in [3.63, 3.8) is 0 Å². The quantitative estimate of drug-likeness (QED) is 0.894. The van der Waals surface area contributed by atoms with Crippen molar-refractivity contribution in [3.05, 3.63) is 35.4 Å². The second kappa shape index (κ2) is 5.83. The van der Waals surface area contributed by atoms with Gasteiger partial charge in [0.2, 0.25) is 5.91 Å². The SMILES string of the molecule is O=C(NC[C@H](O)c1ccc(C(F)(F)F)cc1)C1CCC1. The lowest BCUT2D eigenvalue weighted by Crippen LogP contribution is -2.36. The maximum Gasteiger partial charge on any atom is 0.416 e. The third kappa shape index (κ3) is 3.50. The lowest BCUT2D eigenvalue weighted by molar-refractivity contribution is -0.137. The standard InChI is InChI=1S/C14H16F3NO2/c15-14(16,17)11-6-4-9(5-7-11)12(19)8-18-13(20)10-2-1-3-10/h4-7,10,12,19H,1-3,8H2,(H,18,20)/t12-/m0/s1. The zero-order valence-corrected chi connectivity index (χ0v) is 10.8. The molecule has 3 nitrogen and oxygen atoms in total. The van der Waals surface area contributed by atoms with Crippen LogP contribution >= 0.6 is 0 Å². The van der Waals surface area contributed by atoms with Crippen LogP contribution in [0.2, 0.25) is 0 Å². The average Bonchev–Trinajstić information content (AvgIpc) is 2.33. The highest BCUT2D eigenvalue weighted by Gasteiger charge is 2.30. The molecule has 1 amide bonds. The predicted octanol–water partition coefficient (Wildman–Crippen LogP) is 2.66. The van der Waals surface area contributed by atoms with E-state index in [0.717, 1.165) is 31.4 Å². The summed E-state index contributed by atoms with van der Waals surface area (Å²) in [4.78, 5) is 11.6. The molecule has 0 saturated heterocycles. The molecule has 0 aliphatic heterocycles. The van der Waals surface area contributed by atoms with Crippen LogP contribution in [-0.4, -0.2) is 17.6 Å². The summed E-state index contributed by atoms with van der Waals surface area (Å²) in [6.07, 6.45) is -2.62. The zero-order valence-electron chi connectivity index (χ0n) is 10.8. The fraction of sp³-hybridized carbons (Fsp3) is 0.500. The maximum absolute atomic E-state index is 12.4. The van der Waals surface area contributed by atoms with Crippen molar-refractivity contribution in [1.82, 2.24) is 5.32 Å². The highest BCUT2D eigenvalue weighted by Crippen LogP contribution is 2.30. The number of aliphatic hydroxyl groups excluding tert-OH is 1. The highest BCUT2D eigenvalue weighted by molar-refractivity contribution is 5.79. The third-order valence-electron chi connectivity index (χ3n) is 3.57. The lowest BCUT2D eigenvalue weighted by Gasteiger charge is -2.24. The van der Waals surface area contributed by atoms with Crippen LogP contribution in [0.4, 0.5) is 13.2 Å². The number of hydrogen-bond donors (Lipinski definition) is 2. The first-order chi connectivity index (χ1) is 9.38. The topological polar surface area (TPSA) is 49.3 Å². The van der Waals surface area contributed by atoms with Crippen molar-refractivity contribution >= 4 is 5.91 Å². The molecule has 20 heavy (non-hydrogen) atoms. The van der Waals surface area contributed by atoms with Gasteiger partial charge in [-0.1, -0.05) is 18.6 Å².